The van der Waals surface area contributed by atoms with Crippen molar-refractivity contribution in [1.82, 2.24) is 0 Å². The van der Waals surface area contributed by atoms with Gasteiger partial charge in [0.05, 0.1) is 12.4 Å². The second kappa shape index (κ2) is 7.04. The summed E-state index contributed by atoms with van der Waals surface area (Å²) in [6, 6.07) is 9.57. The predicted octanol–water partition coefficient (Wildman–Crippen LogP) is 2.49. The van der Waals surface area contributed by atoms with E-state index in [-0.39, 0.29) is 12.7 Å². The van der Waals surface area contributed by atoms with Crippen molar-refractivity contribution in [3.05, 3.63) is 48.2 Å². The molecule has 0 fully saturated rings. The number of aliphatic hydroxyl groups excluding tert-OH is 1. The Morgan fingerprint density at radius 2 is 2.00 bits per heavy atom. The van der Waals surface area contributed by atoms with Crippen molar-refractivity contribution in [3.63, 3.8) is 0 Å². The van der Waals surface area contributed by atoms with Gasteiger partial charge in [0.1, 0.15) is 0 Å². The Morgan fingerprint density at radius 1 is 1.31 bits per heavy atom. The molecule has 0 saturated heterocycles. The molecule has 1 aromatic carbocycles. The highest BCUT2D eigenvalue weighted by Crippen LogP contribution is 2.22. The molecule has 0 heterocycles. The Labute approximate surface area is 96.3 Å². The van der Waals surface area contributed by atoms with E-state index >= 15 is 0 Å². The smallest absolute Gasteiger partial charge is 0.187 e. The van der Waals surface area contributed by atoms with Crippen LogP contribution in [0.2, 0.25) is 0 Å². The molecule has 0 aromatic heterocycles. The van der Waals surface area contributed by atoms with Crippen molar-refractivity contribution in [2.24, 2.45) is 5.92 Å². The topological polar surface area (TPSA) is 38.7 Å². The molecule has 0 unspecified atom stereocenters. The highest BCUT2D eigenvalue weighted by atomic mass is 16.7. The Morgan fingerprint density at radius 3 is 2.62 bits per heavy atom. The predicted molar refractivity (Wildman–Crippen MR) is 62.7 cm³/mol. The van der Waals surface area contributed by atoms with Gasteiger partial charge in [-0.1, -0.05) is 37.3 Å². The van der Waals surface area contributed by atoms with E-state index in [0.717, 1.165) is 5.56 Å². The highest BCUT2D eigenvalue weighted by Gasteiger charge is 2.12. The second-order valence-corrected chi connectivity index (χ2v) is 3.62. The van der Waals surface area contributed by atoms with Gasteiger partial charge in [-0.05, 0) is 11.6 Å². The first-order chi connectivity index (χ1) is 7.75. The fourth-order valence-electron chi connectivity index (χ4n) is 1.35. The fraction of sp³-hybridized carbons (Fsp3) is 0.385. The van der Waals surface area contributed by atoms with Crippen LogP contribution in [0.15, 0.2) is 42.7 Å². The van der Waals surface area contributed by atoms with Crippen LogP contribution >= 0.6 is 0 Å². The number of hydrogen-bond donors (Lipinski definition) is 1. The summed E-state index contributed by atoms with van der Waals surface area (Å²) in [5.41, 5.74) is 0.909. The summed E-state index contributed by atoms with van der Waals surface area (Å²) in [6.07, 6.45) is 2.86. The molecule has 0 aliphatic rings. The van der Waals surface area contributed by atoms with E-state index in [2.05, 4.69) is 0 Å². The first kappa shape index (κ1) is 12.7. The van der Waals surface area contributed by atoms with Crippen LogP contribution in [-0.2, 0) is 9.47 Å². The van der Waals surface area contributed by atoms with Crippen molar-refractivity contribution in [3.8, 4) is 0 Å². The lowest BCUT2D eigenvalue weighted by Crippen LogP contribution is -2.06. The summed E-state index contributed by atoms with van der Waals surface area (Å²) in [4.78, 5) is 0. The first-order valence-electron chi connectivity index (χ1n) is 5.26. The van der Waals surface area contributed by atoms with E-state index in [1.807, 2.05) is 43.3 Å². The minimum absolute atomic E-state index is 0.000689. The van der Waals surface area contributed by atoms with E-state index in [9.17, 15) is 5.11 Å². The van der Waals surface area contributed by atoms with Crippen LogP contribution in [0.1, 0.15) is 18.6 Å². The summed E-state index contributed by atoms with van der Waals surface area (Å²) in [5, 5.41) is 10.0. The molecule has 0 amide bonds. The maximum absolute atomic E-state index is 10.0. The van der Waals surface area contributed by atoms with Gasteiger partial charge in [0.15, 0.2) is 6.79 Å². The molecular weight excluding hydrogens is 204 g/mol. The quantitative estimate of drug-likeness (QED) is 0.456. The monoisotopic (exact) mass is 222 g/mol. The molecule has 2 atom stereocenters. The molecule has 1 N–H and O–H groups in total. The van der Waals surface area contributed by atoms with E-state index in [4.69, 9.17) is 9.47 Å². The molecule has 0 spiro atoms. The Kier molecular flexibility index (Phi) is 5.61. The number of ether oxygens (including phenoxy) is 2. The third kappa shape index (κ3) is 4.04. The molecule has 16 heavy (non-hydrogen) atoms. The average Bonchev–Trinajstić information content (AvgIpc) is 2.34. The van der Waals surface area contributed by atoms with Crippen molar-refractivity contribution >= 4 is 0 Å². The number of hydrogen-bond acceptors (Lipinski definition) is 3. The summed E-state index contributed by atoms with van der Waals surface area (Å²) in [5.74, 6) is -0.000689. The van der Waals surface area contributed by atoms with Crippen LogP contribution in [0.5, 0.6) is 0 Å². The zero-order chi connectivity index (χ0) is 11.8. The van der Waals surface area contributed by atoms with Crippen LogP contribution < -0.4 is 0 Å². The number of rotatable bonds is 6. The van der Waals surface area contributed by atoms with Crippen molar-refractivity contribution in [2.45, 2.75) is 13.0 Å². The third-order valence-corrected chi connectivity index (χ3v) is 2.30. The summed E-state index contributed by atoms with van der Waals surface area (Å²) in [6.45, 7) is 2.16. The zero-order valence-electron chi connectivity index (χ0n) is 9.67. The number of benzene rings is 1. The van der Waals surface area contributed by atoms with E-state index in [1.165, 1.54) is 0 Å². The first-order valence-corrected chi connectivity index (χ1v) is 5.26. The van der Waals surface area contributed by atoms with Crippen LogP contribution in [-0.4, -0.2) is 19.0 Å². The summed E-state index contributed by atoms with van der Waals surface area (Å²) in [7, 11) is 1.57. The van der Waals surface area contributed by atoms with Gasteiger partial charge in [0.25, 0.3) is 0 Å². The second-order valence-electron chi connectivity index (χ2n) is 3.62. The largest absolute Gasteiger partial charge is 0.475 e. The minimum atomic E-state index is -0.511. The van der Waals surface area contributed by atoms with Gasteiger partial charge in [0, 0.05) is 13.0 Å². The Bertz CT molecular complexity index is 308. The lowest BCUT2D eigenvalue weighted by molar-refractivity contribution is 0.0186. The summed E-state index contributed by atoms with van der Waals surface area (Å²) >= 11 is 0. The van der Waals surface area contributed by atoms with Crippen molar-refractivity contribution < 1.29 is 14.6 Å². The van der Waals surface area contributed by atoms with Crippen molar-refractivity contribution in [2.75, 3.05) is 13.9 Å². The van der Waals surface area contributed by atoms with E-state index in [0.29, 0.717) is 0 Å². The molecular formula is C13H18O3. The van der Waals surface area contributed by atoms with Gasteiger partial charge in [0.2, 0.25) is 0 Å². The standard InChI is InChI=1S/C13H18O3/c1-11(8-9-16-10-15-2)13(14)12-6-4-3-5-7-12/h3-9,11,13-14H,10H2,1-2H3/b9-8-/t11-,13-/m0/s1. The van der Waals surface area contributed by atoms with Gasteiger partial charge in [-0.15, -0.1) is 0 Å². The van der Waals surface area contributed by atoms with Crippen LogP contribution in [0.25, 0.3) is 0 Å². The van der Waals surface area contributed by atoms with Gasteiger partial charge in [-0.2, -0.15) is 0 Å². The maximum Gasteiger partial charge on any atom is 0.187 e. The Hall–Kier alpha value is -1.32. The molecule has 0 bridgehead atoms. The highest BCUT2D eigenvalue weighted by molar-refractivity contribution is 5.18. The maximum atomic E-state index is 10.0. The lowest BCUT2D eigenvalue weighted by atomic mass is 9.98. The molecule has 3 nitrogen and oxygen atoms in total. The summed E-state index contributed by atoms with van der Waals surface area (Å²) < 4.78 is 9.76. The number of methoxy groups -OCH3 is 1. The average molecular weight is 222 g/mol. The minimum Gasteiger partial charge on any atom is -0.475 e. The third-order valence-electron chi connectivity index (χ3n) is 2.30. The van der Waals surface area contributed by atoms with Crippen LogP contribution in [0, 0.1) is 5.92 Å². The van der Waals surface area contributed by atoms with Crippen LogP contribution in [0.4, 0.5) is 0 Å². The van der Waals surface area contributed by atoms with E-state index in [1.54, 1.807) is 13.4 Å². The van der Waals surface area contributed by atoms with Gasteiger partial charge < -0.3 is 14.6 Å². The van der Waals surface area contributed by atoms with Crippen LogP contribution in [0.3, 0.4) is 0 Å². The van der Waals surface area contributed by atoms with Crippen molar-refractivity contribution in [1.29, 1.82) is 0 Å². The molecule has 1 aromatic rings. The lowest BCUT2D eigenvalue weighted by Gasteiger charge is -2.15. The fourth-order valence-corrected chi connectivity index (χ4v) is 1.35. The Balaban J connectivity index is 2.48. The van der Waals surface area contributed by atoms with E-state index < -0.39 is 6.10 Å². The molecule has 0 saturated carbocycles. The number of aliphatic hydroxyl groups is 1. The zero-order valence-corrected chi connectivity index (χ0v) is 9.67. The SMILES string of the molecule is COCO/C=C\[C@H](C)[C@H](O)c1ccccc1. The van der Waals surface area contributed by atoms with Gasteiger partial charge >= 0.3 is 0 Å². The molecule has 88 valence electrons. The van der Waals surface area contributed by atoms with Gasteiger partial charge in [-0.25, -0.2) is 0 Å². The molecule has 3 heteroatoms. The molecule has 0 radical (unpaired) electrons. The molecule has 0 aliphatic heterocycles. The molecule has 0 aliphatic carbocycles. The molecule has 1 rings (SSSR count). The van der Waals surface area contributed by atoms with Gasteiger partial charge in [-0.3, -0.25) is 0 Å². The normalized spacial score (nSPS) is 14.9.